The van der Waals surface area contributed by atoms with E-state index < -0.39 is 20.0 Å². The highest BCUT2D eigenvalue weighted by Crippen LogP contribution is 2.59. The Balaban J connectivity index is 1.73. The van der Waals surface area contributed by atoms with Crippen molar-refractivity contribution in [2.24, 2.45) is 5.92 Å². The van der Waals surface area contributed by atoms with Crippen LogP contribution in [0.5, 0.6) is 0 Å². The quantitative estimate of drug-likeness (QED) is 0.665. The molecule has 9 heteroatoms. The van der Waals surface area contributed by atoms with Crippen molar-refractivity contribution < 1.29 is 24.2 Å². The minimum Gasteiger partial charge on any atom is -0.432 e. The second kappa shape index (κ2) is 7.85. The normalized spacial score (nSPS) is 32.9. The maximum atomic E-state index is 13.5. The number of hydrogen-bond acceptors (Lipinski definition) is 5. The number of carbonyl (C=O) groups is 2. The molecule has 1 spiro atoms. The first kappa shape index (κ1) is 22.7. The molecule has 0 aromatic heterocycles. The van der Waals surface area contributed by atoms with Crippen LogP contribution >= 0.6 is 11.6 Å². The fourth-order valence-corrected chi connectivity index (χ4v) is 8.72. The zero-order valence-electron chi connectivity index (χ0n) is 18.5. The predicted octanol–water partition coefficient (Wildman–Crippen LogP) is 2.49. The van der Waals surface area contributed by atoms with Crippen LogP contribution < -0.4 is 4.90 Å². The molecular formula is C22H31ClN2O5Si. The van der Waals surface area contributed by atoms with E-state index >= 15 is 0 Å². The molecule has 170 valence electrons. The summed E-state index contributed by atoms with van der Waals surface area (Å²) in [6, 6.07) is 5.15. The number of rotatable bonds is 4. The van der Waals surface area contributed by atoms with Gasteiger partial charge in [-0.25, -0.2) is 0 Å². The Morgan fingerprint density at radius 1 is 1.39 bits per heavy atom. The van der Waals surface area contributed by atoms with Crippen LogP contribution in [-0.2, 0) is 19.9 Å². The molecule has 4 rings (SSSR count). The Morgan fingerprint density at radius 3 is 2.74 bits per heavy atom. The molecule has 0 bridgehead atoms. The van der Waals surface area contributed by atoms with Crippen LogP contribution in [0.25, 0.3) is 0 Å². The minimum atomic E-state index is -2.81. The third-order valence-electron chi connectivity index (χ3n) is 7.36. The lowest BCUT2D eigenvalue weighted by Gasteiger charge is -2.32. The molecule has 1 aromatic rings. The number of halogens is 1. The topological polar surface area (TPSA) is 90.3 Å². The van der Waals surface area contributed by atoms with Crippen molar-refractivity contribution in [3.63, 3.8) is 0 Å². The first-order valence-corrected chi connectivity index (χ1v) is 14.3. The molecule has 3 aliphatic rings. The SMILES string of the molecule is C[C@H]1[C@H]([Si](C)(C)O)[C@@H](CC(=O)N2CCC[C@H]2CO)O[C@]12C(=O)N(C)c1ccc(Cl)cc12. The Bertz CT molecular complexity index is 906. The number of likely N-dealkylation sites (N-methyl/N-ethyl adjacent to an activating group) is 1. The molecule has 0 aliphatic carbocycles. The monoisotopic (exact) mass is 466 g/mol. The van der Waals surface area contributed by atoms with E-state index in [1.807, 2.05) is 26.1 Å². The molecule has 0 unspecified atom stereocenters. The van der Waals surface area contributed by atoms with E-state index in [0.29, 0.717) is 17.1 Å². The average molecular weight is 467 g/mol. The van der Waals surface area contributed by atoms with Gasteiger partial charge in [0.2, 0.25) is 5.91 Å². The van der Waals surface area contributed by atoms with Crippen LogP contribution in [0, 0.1) is 5.92 Å². The van der Waals surface area contributed by atoms with Crippen LogP contribution in [0.1, 0.15) is 31.7 Å². The largest absolute Gasteiger partial charge is 0.432 e. The highest BCUT2D eigenvalue weighted by molar-refractivity contribution is 6.71. The van der Waals surface area contributed by atoms with Gasteiger partial charge < -0.3 is 24.4 Å². The molecule has 0 radical (unpaired) electrons. The summed E-state index contributed by atoms with van der Waals surface area (Å²) in [4.78, 5) is 41.2. The standard InChI is InChI=1S/C22H31ClN2O5Si/c1-13-20(31(3,4)29)18(11-19(27)25-9-5-6-15(25)12-26)30-22(13)16-10-14(23)7-8-17(16)24(2)21(22)28/h7-8,10,13,15,18,20,26,29H,5-6,9,11-12H2,1-4H3/t13-,15-,18+,20-,22+/m0/s1. The van der Waals surface area contributed by atoms with Gasteiger partial charge in [-0.05, 0) is 44.1 Å². The number of aliphatic hydroxyl groups excluding tert-OH is 1. The first-order valence-electron chi connectivity index (χ1n) is 10.9. The molecule has 2 N–H and O–H groups in total. The fourth-order valence-electron chi connectivity index (χ4n) is 6.00. The molecule has 31 heavy (non-hydrogen) atoms. The Labute approximate surface area is 189 Å². The summed E-state index contributed by atoms with van der Waals surface area (Å²) in [5.74, 6) is -0.608. The van der Waals surface area contributed by atoms with E-state index in [9.17, 15) is 19.5 Å². The summed E-state index contributed by atoms with van der Waals surface area (Å²) in [5, 5.41) is 10.1. The van der Waals surface area contributed by atoms with E-state index in [1.165, 1.54) is 0 Å². The molecule has 2 saturated heterocycles. The number of anilines is 1. The zero-order chi connectivity index (χ0) is 22.7. The summed E-state index contributed by atoms with van der Waals surface area (Å²) in [5.41, 5.74) is -0.135. The third kappa shape index (κ3) is 3.43. The number of aliphatic hydroxyl groups is 1. The van der Waals surface area contributed by atoms with E-state index in [1.54, 1.807) is 29.0 Å². The lowest BCUT2D eigenvalue weighted by atomic mass is 9.82. The maximum Gasteiger partial charge on any atom is 0.264 e. The number of ether oxygens (including phenoxy) is 1. The minimum absolute atomic E-state index is 0.0591. The van der Waals surface area contributed by atoms with E-state index in [0.717, 1.165) is 18.5 Å². The number of fused-ring (bicyclic) bond motifs is 2. The van der Waals surface area contributed by atoms with Gasteiger partial charge in [-0.2, -0.15) is 0 Å². The van der Waals surface area contributed by atoms with Crippen molar-refractivity contribution in [1.82, 2.24) is 4.90 Å². The average Bonchev–Trinajstić information content (AvgIpc) is 3.33. The van der Waals surface area contributed by atoms with Crippen molar-refractivity contribution in [2.45, 2.75) is 62.6 Å². The molecule has 5 atom stereocenters. The van der Waals surface area contributed by atoms with Crippen molar-refractivity contribution in [1.29, 1.82) is 0 Å². The fraction of sp³-hybridized carbons (Fsp3) is 0.636. The first-order chi connectivity index (χ1) is 14.5. The summed E-state index contributed by atoms with van der Waals surface area (Å²) >= 11 is 6.28. The van der Waals surface area contributed by atoms with Crippen molar-refractivity contribution in [2.75, 3.05) is 25.1 Å². The van der Waals surface area contributed by atoms with Gasteiger partial charge in [0.1, 0.15) is 0 Å². The van der Waals surface area contributed by atoms with E-state index in [-0.39, 0.29) is 42.3 Å². The molecule has 3 heterocycles. The van der Waals surface area contributed by atoms with Crippen LogP contribution in [0.2, 0.25) is 23.7 Å². The molecule has 0 saturated carbocycles. The Morgan fingerprint density at radius 2 is 2.10 bits per heavy atom. The molecule has 1 aromatic carbocycles. The van der Waals surface area contributed by atoms with Crippen LogP contribution in [0.3, 0.4) is 0 Å². The van der Waals surface area contributed by atoms with Crippen LogP contribution in [-0.4, -0.2) is 67.3 Å². The summed E-state index contributed by atoms with van der Waals surface area (Å²) in [6.07, 6.45) is 1.14. The molecule has 2 amide bonds. The number of amides is 2. The number of likely N-dealkylation sites (tertiary alicyclic amines) is 1. The number of benzene rings is 1. The summed E-state index contributed by atoms with van der Waals surface area (Å²) in [7, 11) is -1.10. The van der Waals surface area contributed by atoms with Gasteiger partial charge in [-0.15, -0.1) is 0 Å². The maximum absolute atomic E-state index is 13.5. The van der Waals surface area contributed by atoms with Gasteiger partial charge in [0.05, 0.1) is 30.9 Å². The van der Waals surface area contributed by atoms with Crippen LogP contribution in [0.15, 0.2) is 18.2 Å². The molecule has 2 fully saturated rings. The van der Waals surface area contributed by atoms with Gasteiger partial charge in [-0.1, -0.05) is 18.5 Å². The zero-order valence-corrected chi connectivity index (χ0v) is 20.2. The Hall–Kier alpha value is -1.45. The molecular weight excluding hydrogens is 436 g/mol. The third-order valence-corrected chi connectivity index (χ3v) is 10.1. The van der Waals surface area contributed by atoms with E-state index in [4.69, 9.17) is 16.3 Å². The Kier molecular flexibility index (Phi) is 5.75. The van der Waals surface area contributed by atoms with Gasteiger partial charge >= 0.3 is 0 Å². The lowest BCUT2D eigenvalue weighted by molar-refractivity contribution is -0.149. The predicted molar refractivity (Wildman–Crippen MR) is 120 cm³/mol. The highest BCUT2D eigenvalue weighted by atomic mass is 35.5. The second-order valence-corrected chi connectivity index (χ2v) is 14.1. The van der Waals surface area contributed by atoms with Gasteiger partial charge in [-0.3, -0.25) is 9.59 Å². The van der Waals surface area contributed by atoms with Crippen LogP contribution in [0.4, 0.5) is 5.69 Å². The number of carbonyl (C=O) groups excluding carboxylic acids is 2. The smallest absolute Gasteiger partial charge is 0.264 e. The van der Waals surface area contributed by atoms with Gasteiger partial charge in [0.25, 0.3) is 5.91 Å². The summed E-state index contributed by atoms with van der Waals surface area (Å²) < 4.78 is 6.54. The van der Waals surface area contributed by atoms with Gasteiger partial charge in [0, 0.05) is 35.6 Å². The number of hydrogen-bond donors (Lipinski definition) is 2. The second-order valence-electron chi connectivity index (χ2n) is 9.66. The highest BCUT2D eigenvalue weighted by Gasteiger charge is 2.66. The summed E-state index contributed by atoms with van der Waals surface area (Å²) in [6.45, 7) is 6.16. The van der Waals surface area contributed by atoms with Crippen molar-refractivity contribution >= 4 is 37.4 Å². The van der Waals surface area contributed by atoms with Gasteiger partial charge in [0.15, 0.2) is 13.9 Å². The lowest BCUT2D eigenvalue weighted by Crippen LogP contribution is -2.45. The molecule has 3 aliphatic heterocycles. The molecule has 7 nitrogen and oxygen atoms in total. The van der Waals surface area contributed by atoms with Crippen molar-refractivity contribution in [3.8, 4) is 0 Å². The van der Waals surface area contributed by atoms with Crippen molar-refractivity contribution in [3.05, 3.63) is 28.8 Å². The number of nitrogens with zero attached hydrogens (tertiary/aromatic N) is 2. The van der Waals surface area contributed by atoms with E-state index in [2.05, 4.69) is 0 Å².